The fourth-order valence-corrected chi connectivity index (χ4v) is 2.58. The normalized spacial score (nSPS) is 10.2. The SMILES string of the molecule is Cc1cc(C)cc(OCC(=O)NNC(=O)COc2ccc(Cl)cc2Cl)c1. The molecule has 8 heteroatoms. The second-order valence-electron chi connectivity index (χ2n) is 5.57. The predicted molar refractivity (Wildman–Crippen MR) is 99.7 cm³/mol. The van der Waals surface area contributed by atoms with Gasteiger partial charge in [0.05, 0.1) is 5.02 Å². The van der Waals surface area contributed by atoms with Crippen molar-refractivity contribution in [3.63, 3.8) is 0 Å². The number of ether oxygens (including phenoxy) is 2. The zero-order chi connectivity index (χ0) is 19.1. The number of rotatable bonds is 6. The van der Waals surface area contributed by atoms with Crippen molar-refractivity contribution in [3.05, 3.63) is 57.6 Å². The third-order valence-electron chi connectivity index (χ3n) is 3.16. The van der Waals surface area contributed by atoms with Crippen molar-refractivity contribution < 1.29 is 19.1 Å². The van der Waals surface area contributed by atoms with Gasteiger partial charge in [0.15, 0.2) is 13.2 Å². The minimum absolute atomic E-state index is 0.229. The summed E-state index contributed by atoms with van der Waals surface area (Å²) in [5, 5.41) is 0.749. The molecule has 0 aliphatic carbocycles. The van der Waals surface area contributed by atoms with Crippen molar-refractivity contribution in [1.29, 1.82) is 0 Å². The van der Waals surface area contributed by atoms with E-state index >= 15 is 0 Å². The highest BCUT2D eigenvalue weighted by Crippen LogP contribution is 2.27. The fraction of sp³-hybridized carbons (Fsp3) is 0.222. The summed E-state index contributed by atoms with van der Waals surface area (Å²) in [4.78, 5) is 23.4. The first kappa shape index (κ1) is 19.9. The third kappa shape index (κ3) is 6.46. The van der Waals surface area contributed by atoms with Crippen molar-refractivity contribution in [2.75, 3.05) is 13.2 Å². The van der Waals surface area contributed by atoms with Gasteiger partial charge in [-0.05, 0) is 55.3 Å². The average Bonchev–Trinajstić information content (AvgIpc) is 2.56. The summed E-state index contributed by atoms with van der Waals surface area (Å²) >= 11 is 11.7. The monoisotopic (exact) mass is 396 g/mol. The lowest BCUT2D eigenvalue weighted by Gasteiger charge is -2.11. The maximum Gasteiger partial charge on any atom is 0.276 e. The van der Waals surface area contributed by atoms with Crippen molar-refractivity contribution in [3.8, 4) is 11.5 Å². The Morgan fingerprint density at radius 2 is 1.46 bits per heavy atom. The molecule has 0 saturated carbocycles. The number of hydrogen-bond donors (Lipinski definition) is 2. The Morgan fingerprint density at radius 3 is 2.04 bits per heavy atom. The second kappa shape index (κ2) is 9.31. The van der Waals surface area contributed by atoms with Gasteiger partial charge in [-0.2, -0.15) is 0 Å². The summed E-state index contributed by atoms with van der Waals surface area (Å²) in [6.45, 7) is 3.33. The summed E-state index contributed by atoms with van der Waals surface area (Å²) in [5.41, 5.74) is 6.54. The third-order valence-corrected chi connectivity index (χ3v) is 3.69. The Kier molecular flexibility index (Phi) is 7.12. The number of carbonyl (C=O) groups excluding carboxylic acids is 2. The van der Waals surface area contributed by atoms with E-state index in [1.54, 1.807) is 12.1 Å². The van der Waals surface area contributed by atoms with Crippen LogP contribution in [0.15, 0.2) is 36.4 Å². The van der Waals surface area contributed by atoms with Crippen LogP contribution in [0.3, 0.4) is 0 Å². The zero-order valence-electron chi connectivity index (χ0n) is 14.3. The van der Waals surface area contributed by atoms with Crippen molar-refractivity contribution >= 4 is 35.0 Å². The molecule has 0 unspecified atom stereocenters. The molecule has 0 heterocycles. The van der Waals surface area contributed by atoms with Gasteiger partial charge in [-0.1, -0.05) is 29.3 Å². The van der Waals surface area contributed by atoms with Gasteiger partial charge in [-0.15, -0.1) is 0 Å². The lowest BCUT2D eigenvalue weighted by molar-refractivity contribution is -0.131. The van der Waals surface area contributed by atoms with Crippen LogP contribution in [-0.2, 0) is 9.59 Å². The molecule has 6 nitrogen and oxygen atoms in total. The molecule has 0 bridgehead atoms. The van der Waals surface area contributed by atoms with E-state index in [2.05, 4.69) is 10.9 Å². The molecule has 0 radical (unpaired) electrons. The van der Waals surface area contributed by atoms with Crippen LogP contribution in [0.2, 0.25) is 10.0 Å². The van der Waals surface area contributed by atoms with E-state index in [1.807, 2.05) is 32.0 Å². The molecule has 0 spiro atoms. The molecule has 0 aliphatic heterocycles. The quantitative estimate of drug-likeness (QED) is 0.734. The summed E-state index contributed by atoms with van der Waals surface area (Å²) in [6, 6.07) is 10.3. The fourth-order valence-electron chi connectivity index (χ4n) is 2.11. The van der Waals surface area contributed by atoms with E-state index < -0.39 is 11.8 Å². The Hall–Kier alpha value is -2.44. The van der Waals surface area contributed by atoms with Crippen LogP contribution in [0, 0.1) is 13.8 Å². The smallest absolute Gasteiger partial charge is 0.276 e. The van der Waals surface area contributed by atoms with Gasteiger partial charge in [0.1, 0.15) is 11.5 Å². The van der Waals surface area contributed by atoms with Crippen LogP contribution in [0.1, 0.15) is 11.1 Å². The summed E-state index contributed by atoms with van der Waals surface area (Å²) in [6.07, 6.45) is 0. The van der Waals surface area contributed by atoms with Crippen LogP contribution in [0.25, 0.3) is 0 Å². The number of hydrazine groups is 1. The summed E-state index contributed by atoms with van der Waals surface area (Å²) < 4.78 is 10.6. The highest BCUT2D eigenvalue weighted by molar-refractivity contribution is 6.35. The maximum atomic E-state index is 11.7. The number of aryl methyl sites for hydroxylation is 2. The van der Waals surface area contributed by atoms with Gasteiger partial charge < -0.3 is 9.47 Å². The lowest BCUT2D eigenvalue weighted by atomic mass is 10.1. The zero-order valence-corrected chi connectivity index (χ0v) is 15.8. The Labute approximate surface area is 161 Å². The topological polar surface area (TPSA) is 76.7 Å². The Morgan fingerprint density at radius 1 is 0.885 bits per heavy atom. The van der Waals surface area contributed by atoms with E-state index in [0.717, 1.165) is 11.1 Å². The van der Waals surface area contributed by atoms with Crippen LogP contribution < -0.4 is 20.3 Å². The van der Waals surface area contributed by atoms with E-state index in [-0.39, 0.29) is 18.2 Å². The minimum Gasteiger partial charge on any atom is -0.484 e. The van der Waals surface area contributed by atoms with Crippen molar-refractivity contribution in [2.45, 2.75) is 13.8 Å². The molecule has 0 fully saturated rings. The first-order valence-electron chi connectivity index (χ1n) is 7.70. The predicted octanol–water partition coefficient (Wildman–Crippen LogP) is 3.22. The molecule has 26 heavy (non-hydrogen) atoms. The van der Waals surface area contributed by atoms with Gasteiger partial charge in [0.2, 0.25) is 0 Å². The van der Waals surface area contributed by atoms with E-state index in [9.17, 15) is 9.59 Å². The first-order valence-corrected chi connectivity index (χ1v) is 8.45. The van der Waals surface area contributed by atoms with Gasteiger partial charge in [-0.25, -0.2) is 0 Å². The number of hydrogen-bond acceptors (Lipinski definition) is 4. The Bertz CT molecular complexity index is 792. The van der Waals surface area contributed by atoms with E-state index in [0.29, 0.717) is 16.5 Å². The molecule has 0 atom stereocenters. The van der Waals surface area contributed by atoms with E-state index in [4.69, 9.17) is 32.7 Å². The average molecular weight is 397 g/mol. The summed E-state index contributed by atoms with van der Waals surface area (Å²) in [7, 11) is 0. The van der Waals surface area contributed by atoms with Gasteiger partial charge in [-0.3, -0.25) is 20.4 Å². The van der Waals surface area contributed by atoms with Crippen molar-refractivity contribution in [1.82, 2.24) is 10.9 Å². The van der Waals surface area contributed by atoms with E-state index in [1.165, 1.54) is 6.07 Å². The number of carbonyl (C=O) groups is 2. The summed E-state index contributed by atoms with van der Waals surface area (Å²) in [5.74, 6) is -0.141. The van der Waals surface area contributed by atoms with Crippen LogP contribution >= 0.6 is 23.2 Å². The second-order valence-corrected chi connectivity index (χ2v) is 6.42. The first-order chi connectivity index (χ1) is 12.3. The molecule has 2 amide bonds. The molecule has 2 N–H and O–H groups in total. The number of amides is 2. The maximum absolute atomic E-state index is 11.7. The van der Waals surface area contributed by atoms with Crippen LogP contribution in [0.5, 0.6) is 11.5 Å². The standard InChI is InChI=1S/C18H18Cl2N2O4/c1-11-5-12(2)7-14(6-11)25-9-17(23)21-22-18(24)10-26-16-4-3-13(19)8-15(16)20/h3-8H,9-10H2,1-2H3,(H,21,23)(H,22,24). The van der Waals surface area contributed by atoms with Crippen molar-refractivity contribution in [2.24, 2.45) is 0 Å². The molecular weight excluding hydrogens is 379 g/mol. The molecule has 2 aromatic carbocycles. The number of nitrogens with one attached hydrogen (secondary N) is 2. The lowest BCUT2D eigenvalue weighted by Crippen LogP contribution is -2.45. The highest BCUT2D eigenvalue weighted by atomic mass is 35.5. The molecule has 2 aromatic rings. The molecule has 0 aliphatic rings. The molecule has 0 saturated heterocycles. The van der Waals surface area contributed by atoms with Gasteiger partial charge in [0, 0.05) is 5.02 Å². The van der Waals surface area contributed by atoms with Gasteiger partial charge in [0.25, 0.3) is 11.8 Å². The number of benzene rings is 2. The highest BCUT2D eigenvalue weighted by Gasteiger charge is 2.09. The number of halogens is 2. The van der Waals surface area contributed by atoms with Gasteiger partial charge >= 0.3 is 0 Å². The molecule has 138 valence electrons. The molecular formula is C18H18Cl2N2O4. The molecule has 0 aromatic heterocycles. The minimum atomic E-state index is -0.546. The van der Waals surface area contributed by atoms with Crippen LogP contribution in [0.4, 0.5) is 0 Å². The molecule has 2 rings (SSSR count). The Balaban J connectivity index is 1.72. The van der Waals surface area contributed by atoms with Crippen LogP contribution in [-0.4, -0.2) is 25.0 Å². The largest absolute Gasteiger partial charge is 0.484 e.